The summed E-state index contributed by atoms with van der Waals surface area (Å²) in [5.41, 5.74) is 1.16. The highest BCUT2D eigenvalue weighted by Gasteiger charge is 2.27. The number of rotatable bonds is 2. The Labute approximate surface area is 127 Å². The number of hydrogen-bond donors (Lipinski definition) is 1. The smallest absolute Gasteiger partial charge is 0.295 e. The predicted octanol–water partition coefficient (Wildman–Crippen LogP) is 2.09. The Kier molecular flexibility index (Phi) is 3.03. The van der Waals surface area contributed by atoms with E-state index < -0.39 is 11.7 Å². The van der Waals surface area contributed by atoms with E-state index in [2.05, 4.69) is 4.98 Å². The molecule has 0 aliphatic carbocycles. The number of likely N-dealkylation sites (tertiary alicyclic amines) is 1. The minimum Gasteiger partial charge on any atom is -0.454 e. The van der Waals surface area contributed by atoms with Crippen LogP contribution < -0.4 is 9.47 Å². The second kappa shape index (κ2) is 5.05. The third-order valence-electron chi connectivity index (χ3n) is 4.26. The monoisotopic (exact) mass is 300 g/mol. The Morgan fingerprint density at radius 1 is 1.05 bits per heavy atom. The molecule has 22 heavy (non-hydrogen) atoms. The highest BCUT2D eigenvalue weighted by molar-refractivity contribution is 6.44. The van der Waals surface area contributed by atoms with Crippen LogP contribution in [-0.4, -0.2) is 41.5 Å². The van der Waals surface area contributed by atoms with Crippen LogP contribution in [0.4, 0.5) is 0 Å². The predicted molar refractivity (Wildman–Crippen MR) is 79.2 cm³/mol. The number of Topliss-reactive ketones (excluding diaryl/α,β-unsaturated/α-hetero) is 1. The lowest BCUT2D eigenvalue weighted by atomic mass is 10.1. The fourth-order valence-electron chi connectivity index (χ4n) is 3.06. The van der Waals surface area contributed by atoms with Crippen molar-refractivity contribution in [2.75, 3.05) is 19.9 Å². The molecule has 1 N–H and O–H groups in total. The van der Waals surface area contributed by atoms with Crippen molar-refractivity contribution in [1.82, 2.24) is 9.88 Å². The molecule has 0 atom stereocenters. The van der Waals surface area contributed by atoms with Crippen LogP contribution in [-0.2, 0) is 4.79 Å². The molecule has 0 bridgehead atoms. The molecule has 1 saturated heterocycles. The summed E-state index contributed by atoms with van der Waals surface area (Å²) in [5, 5.41) is 0.694. The zero-order chi connectivity index (χ0) is 15.1. The van der Waals surface area contributed by atoms with E-state index in [9.17, 15) is 9.59 Å². The molecule has 114 valence electrons. The minimum atomic E-state index is -0.466. The number of amides is 1. The first-order valence-corrected chi connectivity index (χ1v) is 7.48. The van der Waals surface area contributed by atoms with Gasteiger partial charge in [0.15, 0.2) is 11.5 Å². The molecule has 6 nitrogen and oxygen atoms in total. The second-order valence-corrected chi connectivity index (χ2v) is 5.64. The molecule has 1 aromatic heterocycles. The Balaban J connectivity index is 1.68. The van der Waals surface area contributed by atoms with Gasteiger partial charge in [-0.2, -0.15) is 0 Å². The largest absolute Gasteiger partial charge is 0.454 e. The van der Waals surface area contributed by atoms with Gasteiger partial charge in [-0.3, -0.25) is 9.59 Å². The van der Waals surface area contributed by atoms with E-state index in [0.717, 1.165) is 24.8 Å². The van der Waals surface area contributed by atoms with Crippen LogP contribution in [0.1, 0.15) is 29.6 Å². The van der Waals surface area contributed by atoms with E-state index >= 15 is 0 Å². The number of benzene rings is 1. The van der Waals surface area contributed by atoms with Gasteiger partial charge in [0.2, 0.25) is 6.79 Å². The second-order valence-electron chi connectivity index (χ2n) is 5.64. The molecular weight excluding hydrogens is 284 g/mol. The van der Waals surface area contributed by atoms with Gasteiger partial charge in [0.1, 0.15) is 0 Å². The van der Waals surface area contributed by atoms with Crippen LogP contribution in [0.3, 0.4) is 0 Å². The summed E-state index contributed by atoms with van der Waals surface area (Å²) in [5.74, 6) is 0.368. The van der Waals surface area contributed by atoms with Crippen molar-refractivity contribution in [2.24, 2.45) is 0 Å². The number of nitrogens with zero attached hydrogens (tertiary/aromatic N) is 1. The van der Waals surface area contributed by atoms with Crippen LogP contribution in [0.5, 0.6) is 11.5 Å². The summed E-state index contributed by atoms with van der Waals surface area (Å²) in [6.07, 6.45) is 4.63. The van der Waals surface area contributed by atoms with E-state index in [0.29, 0.717) is 35.5 Å². The maximum Gasteiger partial charge on any atom is 0.295 e. The average Bonchev–Trinajstić information content (AvgIpc) is 3.18. The lowest BCUT2D eigenvalue weighted by Gasteiger charge is -2.25. The van der Waals surface area contributed by atoms with Gasteiger partial charge in [0.25, 0.3) is 11.7 Å². The first kappa shape index (κ1) is 13.2. The molecule has 4 rings (SSSR count). The molecule has 1 aromatic carbocycles. The number of aromatic nitrogens is 1. The Bertz CT molecular complexity index is 759. The molecular formula is C16H16N2O4. The molecule has 1 fully saturated rings. The van der Waals surface area contributed by atoms with Gasteiger partial charge in [-0.25, -0.2) is 0 Å². The van der Waals surface area contributed by atoms with Crippen molar-refractivity contribution in [1.29, 1.82) is 0 Å². The van der Waals surface area contributed by atoms with Crippen LogP contribution >= 0.6 is 0 Å². The van der Waals surface area contributed by atoms with Crippen molar-refractivity contribution in [3.8, 4) is 11.5 Å². The van der Waals surface area contributed by atoms with Gasteiger partial charge in [0.05, 0.1) is 11.1 Å². The molecule has 1 amide bonds. The first-order chi connectivity index (χ1) is 10.7. The average molecular weight is 300 g/mol. The maximum absolute atomic E-state index is 12.5. The zero-order valence-corrected chi connectivity index (χ0v) is 12.1. The topological polar surface area (TPSA) is 71.6 Å². The molecule has 0 saturated carbocycles. The zero-order valence-electron chi connectivity index (χ0n) is 12.1. The van der Waals surface area contributed by atoms with Gasteiger partial charge in [-0.05, 0) is 25.3 Å². The third kappa shape index (κ3) is 2.03. The SMILES string of the molecule is O=C(C(=O)N1CCCCC1)c1c[nH]c2cc3c(cc12)OCO3. The molecule has 2 aliphatic rings. The summed E-state index contributed by atoms with van der Waals surface area (Å²) in [4.78, 5) is 29.6. The van der Waals surface area contributed by atoms with E-state index in [1.807, 2.05) is 0 Å². The summed E-state index contributed by atoms with van der Waals surface area (Å²) in [7, 11) is 0. The molecule has 3 heterocycles. The van der Waals surface area contributed by atoms with Gasteiger partial charge < -0.3 is 19.4 Å². The number of nitrogens with one attached hydrogen (secondary N) is 1. The van der Waals surface area contributed by atoms with Crippen LogP contribution in [0.2, 0.25) is 0 Å². The van der Waals surface area contributed by atoms with Crippen molar-refractivity contribution >= 4 is 22.6 Å². The summed E-state index contributed by atoms with van der Waals surface area (Å²) in [6, 6.07) is 3.55. The Morgan fingerprint density at radius 2 is 1.77 bits per heavy atom. The molecule has 0 unspecified atom stereocenters. The molecule has 2 aromatic rings. The van der Waals surface area contributed by atoms with Crippen molar-refractivity contribution in [3.05, 3.63) is 23.9 Å². The van der Waals surface area contributed by atoms with Crippen LogP contribution in [0, 0.1) is 0 Å². The quantitative estimate of drug-likeness (QED) is 0.681. The van der Waals surface area contributed by atoms with Crippen LogP contribution in [0.15, 0.2) is 18.3 Å². The highest BCUT2D eigenvalue weighted by Crippen LogP contribution is 2.37. The van der Waals surface area contributed by atoms with E-state index in [-0.39, 0.29) is 6.79 Å². The Morgan fingerprint density at radius 3 is 2.55 bits per heavy atom. The maximum atomic E-state index is 12.5. The molecule has 0 radical (unpaired) electrons. The number of carbonyl (C=O) groups is 2. The number of aromatic amines is 1. The van der Waals surface area contributed by atoms with Crippen molar-refractivity contribution < 1.29 is 19.1 Å². The van der Waals surface area contributed by atoms with Gasteiger partial charge >= 0.3 is 0 Å². The summed E-state index contributed by atoms with van der Waals surface area (Å²) >= 11 is 0. The number of ether oxygens (including phenoxy) is 2. The molecule has 0 spiro atoms. The fraction of sp³-hybridized carbons (Fsp3) is 0.375. The minimum absolute atomic E-state index is 0.179. The lowest BCUT2D eigenvalue weighted by Crippen LogP contribution is -2.40. The Hall–Kier alpha value is -2.50. The molecule has 6 heteroatoms. The number of ketones is 1. The standard InChI is InChI=1S/C16H16N2O4/c19-15(16(20)18-4-2-1-3-5-18)11-8-17-12-7-14-13(6-10(11)12)21-9-22-14/h6-8,17H,1-5,9H2. The normalized spacial score (nSPS) is 17.0. The van der Waals surface area contributed by atoms with Crippen molar-refractivity contribution in [2.45, 2.75) is 19.3 Å². The number of hydrogen-bond acceptors (Lipinski definition) is 4. The third-order valence-corrected chi connectivity index (χ3v) is 4.26. The number of H-pyrrole nitrogens is 1. The van der Waals surface area contributed by atoms with E-state index in [1.54, 1.807) is 23.2 Å². The first-order valence-electron chi connectivity index (χ1n) is 7.48. The summed E-state index contributed by atoms with van der Waals surface area (Å²) in [6.45, 7) is 1.51. The number of piperidine rings is 1. The van der Waals surface area contributed by atoms with E-state index in [1.165, 1.54) is 0 Å². The van der Waals surface area contributed by atoms with Crippen molar-refractivity contribution in [3.63, 3.8) is 0 Å². The fourth-order valence-corrected chi connectivity index (χ4v) is 3.06. The summed E-state index contributed by atoms with van der Waals surface area (Å²) < 4.78 is 10.7. The number of carbonyl (C=O) groups excluding carboxylic acids is 2. The van der Waals surface area contributed by atoms with Gasteiger partial charge in [-0.15, -0.1) is 0 Å². The number of fused-ring (bicyclic) bond motifs is 2. The van der Waals surface area contributed by atoms with Crippen LogP contribution in [0.25, 0.3) is 10.9 Å². The van der Waals surface area contributed by atoms with Gasteiger partial charge in [-0.1, -0.05) is 0 Å². The van der Waals surface area contributed by atoms with E-state index in [4.69, 9.17) is 9.47 Å². The lowest BCUT2D eigenvalue weighted by molar-refractivity contribution is -0.127. The van der Waals surface area contributed by atoms with Gasteiger partial charge in [0, 0.05) is 30.7 Å². The molecule has 2 aliphatic heterocycles. The highest BCUT2D eigenvalue weighted by atomic mass is 16.7.